The number of nitrogens with two attached hydrogens (primary N) is 1. The van der Waals surface area contributed by atoms with Crippen LogP contribution in [0, 0.1) is 11.8 Å². The minimum absolute atomic E-state index is 0.00976. The summed E-state index contributed by atoms with van der Waals surface area (Å²) in [5.41, 5.74) is 8.94. The standard InChI is InChI=1S/C26H32N4O3/c1-15-22-21(25(31)30(15)13-16-6-11-19-20(12-16)33-14-32-19)23(29(5)26(22,2)3)17-7-9-18(10-8-17)24(27)28-4/h6-12,15,21-23H,13-14H2,1-5H3,(H2,27,28). The summed E-state index contributed by atoms with van der Waals surface area (Å²) in [6.45, 7) is 7.52. The molecule has 0 saturated carbocycles. The number of fused-ring (bicyclic) bond motifs is 2. The van der Waals surface area contributed by atoms with Crippen LogP contribution in [0.1, 0.15) is 43.5 Å². The predicted octanol–water partition coefficient (Wildman–Crippen LogP) is 3.18. The van der Waals surface area contributed by atoms with Gasteiger partial charge in [0.1, 0.15) is 5.84 Å². The molecule has 0 radical (unpaired) electrons. The Morgan fingerprint density at radius 3 is 2.55 bits per heavy atom. The van der Waals surface area contributed by atoms with E-state index in [4.69, 9.17) is 15.2 Å². The summed E-state index contributed by atoms with van der Waals surface area (Å²) in [5, 5.41) is 0. The first-order chi connectivity index (χ1) is 15.7. The lowest BCUT2D eigenvalue weighted by atomic mass is 9.78. The topological polar surface area (TPSA) is 80.4 Å². The molecule has 1 amide bonds. The molecule has 33 heavy (non-hydrogen) atoms. The molecule has 3 aliphatic heterocycles. The molecule has 0 spiro atoms. The number of nitrogens with zero attached hydrogens (tertiary/aromatic N) is 3. The van der Waals surface area contributed by atoms with Crippen molar-refractivity contribution >= 4 is 11.7 Å². The largest absolute Gasteiger partial charge is 0.454 e. The zero-order valence-corrected chi connectivity index (χ0v) is 19.9. The number of benzene rings is 2. The van der Waals surface area contributed by atoms with E-state index in [-0.39, 0.29) is 42.2 Å². The first-order valence-electron chi connectivity index (χ1n) is 11.5. The summed E-state index contributed by atoms with van der Waals surface area (Å²) in [6.07, 6.45) is 0. The Morgan fingerprint density at radius 2 is 1.85 bits per heavy atom. The van der Waals surface area contributed by atoms with Gasteiger partial charge in [-0.3, -0.25) is 14.7 Å². The van der Waals surface area contributed by atoms with Crippen LogP contribution in [0.4, 0.5) is 0 Å². The third-order valence-electron chi connectivity index (χ3n) is 8.03. The van der Waals surface area contributed by atoms with E-state index in [0.29, 0.717) is 12.4 Å². The third kappa shape index (κ3) is 3.29. The van der Waals surface area contributed by atoms with Crippen molar-refractivity contribution in [1.82, 2.24) is 9.80 Å². The number of aliphatic imine (C=N–C) groups is 1. The van der Waals surface area contributed by atoms with Gasteiger partial charge in [0, 0.05) is 42.7 Å². The fourth-order valence-corrected chi connectivity index (χ4v) is 6.10. The van der Waals surface area contributed by atoms with Crippen LogP contribution in [-0.2, 0) is 11.3 Å². The van der Waals surface area contributed by atoms with Crippen molar-refractivity contribution in [1.29, 1.82) is 0 Å². The van der Waals surface area contributed by atoms with E-state index < -0.39 is 0 Å². The first kappa shape index (κ1) is 21.8. The second kappa shape index (κ2) is 7.76. The highest BCUT2D eigenvalue weighted by Crippen LogP contribution is 2.56. The average Bonchev–Trinajstić information content (AvgIpc) is 3.43. The number of carbonyl (C=O) groups is 1. The van der Waals surface area contributed by atoms with Gasteiger partial charge < -0.3 is 20.1 Å². The minimum Gasteiger partial charge on any atom is -0.454 e. The van der Waals surface area contributed by atoms with Crippen molar-refractivity contribution in [3.05, 3.63) is 59.2 Å². The van der Waals surface area contributed by atoms with E-state index in [1.54, 1.807) is 7.05 Å². The molecule has 2 N–H and O–H groups in total. The lowest BCUT2D eigenvalue weighted by Crippen LogP contribution is -2.47. The molecule has 4 atom stereocenters. The Kier molecular flexibility index (Phi) is 5.12. The van der Waals surface area contributed by atoms with Gasteiger partial charge >= 0.3 is 0 Å². The number of hydrogen-bond acceptors (Lipinski definition) is 5. The van der Waals surface area contributed by atoms with Crippen LogP contribution < -0.4 is 15.2 Å². The molecule has 7 heteroatoms. The summed E-state index contributed by atoms with van der Waals surface area (Å²) < 4.78 is 11.0. The van der Waals surface area contributed by atoms with Crippen molar-refractivity contribution in [2.75, 3.05) is 20.9 Å². The fourth-order valence-electron chi connectivity index (χ4n) is 6.10. The number of ether oxygens (including phenoxy) is 2. The smallest absolute Gasteiger partial charge is 0.231 e. The van der Waals surface area contributed by atoms with E-state index in [1.807, 2.05) is 35.2 Å². The lowest BCUT2D eigenvalue weighted by molar-refractivity contribution is -0.133. The highest BCUT2D eigenvalue weighted by molar-refractivity contribution is 5.97. The normalized spacial score (nSPS) is 28.5. The number of amidine groups is 1. The number of rotatable bonds is 4. The Hall–Kier alpha value is -3.06. The van der Waals surface area contributed by atoms with E-state index in [9.17, 15) is 4.79 Å². The van der Waals surface area contributed by atoms with Crippen molar-refractivity contribution in [2.45, 2.75) is 44.9 Å². The second-order valence-corrected chi connectivity index (χ2v) is 9.89. The van der Waals surface area contributed by atoms with Crippen LogP contribution in [0.25, 0.3) is 0 Å². The molecule has 2 aromatic carbocycles. The maximum absolute atomic E-state index is 13.9. The molecule has 2 aromatic rings. The predicted molar refractivity (Wildman–Crippen MR) is 127 cm³/mol. The maximum Gasteiger partial charge on any atom is 0.231 e. The van der Waals surface area contributed by atoms with Gasteiger partial charge in [0.05, 0.1) is 5.92 Å². The van der Waals surface area contributed by atoms with E-state index in [0.717, 1.165) is 28.2 Å². The number of likely N-dealkylation sites (tertiary alicyclic amines) is 2. The third-order valence-corrected chi connectivity index (χ3v) is 8.03. The van der Waals surface area contributed by atoms with Crippen LogP contribution in [0.2, 0.25) is 0 Å². The monoisotopic (exact) mass is 448 g/mol. The molecule has 7 nitrogen and oxygen atoms in total. The summed E-state index contributed by atoms with van der Waals surface area (Å²) in [6, 6.07) is 14.2. The van der Waals surface area contributed by atoms with Gasteiger partial charge in [0.25, 0.3) is 0 Å². The van der Waals surface area contributed by atoms with E-state index in [2.05, 4.69) is 49.8 Å². The molecule has 3 aliphatic rings. The van der Waals surface area contributed by atoms with Crippen LogP contribution in [0.15, 0.2) is 47.5 Å². The summed E-state index contributed by atoms with van der Waals surface area (Å²) in [5.74, 6) is 2.36. The van der Waals surface area contributed by atoms with Crippen molar-refractivity contribution in [3.63, 3.8) is 0 Å². The van der Waals surface area contributed by atoms with Gasteiger partial charge in [-0.25, -0.2) is 0 Å². The van der Waals surface area contributed by atoms with Gasteiger partial charge in [0.15, 0.2) is 11.5 Å². The molecular weight excluding hydrogens is 416 g/mol. The zero-order valence-electron chi connectivity index (χ0n) is 19.9. The highest BCUT2D eigenvalue weighted by atomic mass is 16.7. The molecule has 3 heterocycles. The molecular formula is C26H32N4O3. The van der Waals surface area contributed by atoms with E-state index in [1.165, 1.54) is 0 Å². The Balaban J connectivity index is 1.46. The fraction of sp³-hybridized carbons (Fsp3) is 0.462. The molecule has 0 aromatic heterocycles. The van der Waals surface area contributed by atoms with Crippen molar-refractivity contribution < 1.29 is 14.3 Å². The highest BCUT2D eigenvalue weighted by Gasteiger charge is 2.62. The zero-order chi connectivity index (χ0) is 23.5. The SMILES string of the molecule is CN=C(N)c1ccc(C2C3C(=O)N(Cc4ccc5c(c4)OCO5)C(C)C3C(C)(C)N2C)cc1. The average molecular weight is 449 g/mol. The van der Waals surface area contributed by atoms with Gasteiger partial charge in [0.2, 0.25) is 12.7 Å². The van der Waals surface area contributed by atoms with Gasteiger partial charge in [-0.15, -0.1) is 0 Å². The molecule has 2 fully saturated rings. The lowest BCUT2D eigenvalue weighted by Gasteiger charge is -2.39. The van der Waals surface area contributed by atoms with Crippen LogP contribution in [-0.4, -0.2) is 54.0 Å². The molecule has 5 rings (SSSR count). The summed E-state index contributed by atoms with van der Waals surface area (Å²) in [4.78, 5) is 22.4. The van der Waals surface area contributed by atoms with Crippen LogP contribution in [0.5, 0.6) is 11.5 Å². The molecule has 0 aliphatic carbocycles. The second-order valence-electron chi connectivity index (χ2n) is 9.89. The van der Waals surface area contributed by atoms with Gasteiger partial charge in [-0.05, 0) is 51.1 Å². The number of hydrogen-bond donors (Lipinski definition) is 1. The van der Waals surface area contributed by atoms with Gasteiger partial charge in [-0.1, -0.05) is 30.3 Å². The molecule has 2 saturated heterocycles. The molecule has 174 valence electrons. The van der Waals surface area contributed by atoms with Crippen LogP contribution >= 0.6 is 0 Å². The summed E-state index contributed by atoms with van der Waals surface area (Å²) >= 11 is 0. The first-order valence-corrected chi connectivity index (χ1v) is 11.5. The van der Waals surface area contributed by atoms with Crippen LogP contribution in [0.3, 0.4) is 0 Å². The van der Waals surface area contributed by atoms with Gasteiger partial charge in [-0.2, -0.15) is 0 Å². The summed E-state index contributed by atoms with van der Waals surface area (Å²) in [7, 11) is 3.83. The Morgan fingerprint density at radius 1 is 1.15 bits per heavy atom. The molecule has 4 unspecified atom stereocenters. The van der Waals surface area contributed by atoms with Crippen molar-refractivity contribution in [2.24, 2.45) is 22.6 Å². The van der Waals surface area contributed by atoms with E-state index >= 15 is 0 Å². The number of amides is 1. The Labute approximate surface area is 195 Å². The number of carbonyl (C=O) groups excluding carboxylic acids is 1. The molecule has 0 bridgehead atoms. The minimum atomic E-state index is -0.128. The van der Waals surface area contributed by atoms with Crippen molar-refractivity contribution in [3.8, 4) is 11.5 Å². The quantitative estimate of drug-likeness (QED) is 0.574. The maximum atomic E-state index is 13.9. The Bertz CT molecular complexity index is 1110.